The first-order valence-corrected chi connectivity index (χ1v) is 18.1. The fourth-order valence-electron chi connectivity index (χ4n) is 8.09. The van der Waals surface area contributed by atoms with Gasteiger partial charge in [0.1, 0.15) is 17.5 Å². The molecule has 0 unspecified atom stereocenters. The van der Waals surface area contributed by atoms with Gasteiger partial charge in [-0.1, -0.05) is 18.9 Å². The van der Waals surface area contributed by atoms with Crippen LogP contribution >= 0.6 is 0 Å². The molecule has 4 aliphatic rings. The van der Waals surface area contributed by atoms with E-state index in [2.05, 4.69) is 26.8 Å². The van der Waals surface area contributed by atoms with Gasteiger partial charge in [-0.15, -0.1) is 0 Å². The SMILES string of the molecule is CN1CCN(CCCOc2ccc(C3CCCC3)c(N3C(=O)c4cc5c(cc4C3=O)C(=O)C(c3nc4ccc(N(C)C)cc4c(=O)[nH]3)C5=O)c2)CC1. The lowest BCUT2D eigenvalue weighted by Gasteiger charge is -2.32. The Morgan fingerprint density at radius 3 is 2.15 bits per heavy atom. The van der Waals surface area contributed by atoms with Crippen molar-refractivity contribution in [2.24, 2.45) is 0 Å². The average Bonchev–Trinajstić information content (AvgIpc) is 3.82. The van der Waals surface area contributed by atoms with Crippen molar-refractivity contribution in [2.45, 2.75) is 43.9 Å². The standard InChI is InChI=1S/C40H42N6O6/c1-43(2)24-9-12-32-31(19-24)38(49)42-37(41-32)34-35(47)27-21-29-30(22-28(27)36(34)48)40(51)46(39(29)50)33-20-25(10-11-26(33)23-7-4-5-8-23)52-18-6-13-45-16-14-44(3)15-17-45/h9-12,19-23,34H,4-8,13-18H2,1-3H3,(H,41,42,49). The average molecular weight is 703 g/mol. The molecule has 0 spiro atoms. The van der Waals surface area contributed by atoms with E-state index in [1.807, 2.05) is 31.1 Å². The minimum absolute atomic E-state index is 0.0379. The second kappa shape index (κ2) is 13.4. The van der Waals surface area contributed by atoms with Gasteiger partial charge in [-0.2, -0.15) is 0 Å². The minimum atomic E-state index is -1.39. The molecule has 0 radical (unpaired) electrons. The first-order valence-electron chi connectivity index (χ1n) is 18.1. The van der Waals surface area contributed by atoms with Crippen molar-refractivity contribution >= 4 is 45.7 Å². The quantitative estimate of drug-likeness (QED) is 0.150. The van der Waals surface area contributed by atoms with Gasteiger partial charge in [0.15, 0.2) is 11.6 Å². The van der Waals surface area contributed by atoms with Gasteiger partial charge in [0.05, 0.1) is 34.3 Å². The van der Waals surface area contributed by atoms with Crippen LogP contribution in [0.1, 0.15) is 96.8 Å². The largest absolute Gasteiger partial charge is 0.493 e. The number of amides is 2. The third-order valence-corrected chi connectivity index (χ3v) is 11.1. The highest BCUT2D eigenvalue weighted by Crippen LogP contribution is 2.44. The predicted molar refractivity (Wildman–Crippen MR) is 197 cm³/mol. The van der Waals surface area contributed by atoms with E-state index in [4.69, 9.17) is 4.74 Å². The number of carbonyl (C=O) groups is 4. The normalized spacial score (nSPS) is 18.6. The maximum atomic E-state index is 14.1. The molecule has 1 aromatic heterocycles. The van der Waals surface area contributed by atoms with Crippen molar-refractivity contribution in [1.29, 1.82) is 0 Å². The highest BCUT2D eigenvalue weighted by molar-refractivity contribution is 6.37. The zero-order valence-electron chi connectivity index (χ0n) is 29.7. The van der Waals surface area contributed by atoms with E-state index in [-0.39, 0.29) is 34.0 Å². The van der Waals surface area contributed by atoms with E-state index in [0.717, 1.165) is 76.1 Å². The fourth-order valence-corrected chi connectivity index (χ4v) is 8.09. The molecule has 4 aromatic rings. The fraction of sp³-hybridized carbons (Fsp3) is 0.400. The number of benzene rings is 3. The lowest BCUT2D eigenvalue weighted by Crippen LogP contribution is -2.44. The smallest absolute Gasteiger partial charge is 0.266 e. The summed E-state index contributed by atoms with van der Waals surface area (Å²) in [7, 11) is 5.85. The molecule has 12 heteroatoms. The number of piperazine rings is 1. The Bertz CT molecular complexity index is 2140. The summed E-state index contributed by atoms with van der Waals surface area (Å²) in [5.41, 5.74) is 2.30. The first kappa shape index (κ1) is 33.9. The van der Waals surface area contributed by atoms with Crippen molar-refractivity contribution < 1.29 is 23.9 Å². The number of nitrogens with zero attached hydrogens (tertiary/aromatic N) is 5. The van der Waals surface area contributed by atoms with Crippen LogP contribution in [0.4, 0.5) is 11.4 Å². The number of ketones is 2. The van der Waals surface area contributed by atoms with Crippen LogP contribution in [-0.2, 0) is 0 Å². The maximum absolute atomic E-state index is 14.1. The number of nitrogens with one attached hydrogen (secondary N) is 1. The Balaban J connectivity index is 1.06. The van der Waals surface area contributed by atoms with Crippen LogP contribution in [0, 0.1) is 0 Å². The van der Waals surface area contributed by atoms with E-state index >= 15 is 0 Å². The predicted octanol–water partition coefficient (Wildman–Crippen LogP) is 4.63. The molecule has 1 saturated carbocycles. The number of aromatic nitrogens is 2. The Kier molecular flexibility index (Phi) is 8.75. The van der Waals surface area contributed by atoms with Crippen molar-refractivity contribution in [3.8, 4) is 5.75 Å². The Morgan fingerprint density at radius 1 is 0.827 bits per heavy atom. The van der Waals surface area contributed by atoms with Crippen LogP contribution in [0.25, 0.3) is 10.9 Å². The third-order valence-electron chi connectivity index (χ3n) is 11.1. The molecule has 3 aromatic carbocycles. The molecule has 268 valence electrons. The van der Waals surface area contributed by atoms with Gasteiger partial charge in [-0.3, -0.25) is 24.0 Å². The van der Waals surface area contributed by atoms with Gasteiger partial charge in [-0.05, 0) is 74.2 Å². The highest BCUT2D eigenvalue weighted by Gasteiger charge is 2.46. The van der Waals surface area contributed by atoms with Gasteiger partial charge in [0, 0.05) is 69.7 Å². The second-order valence-corrected chi connectivity index (χ2v) is 14.6. The highest BCUT2D eigenvalue weighted by atomic mass is 16.5. The number of imide groups is 1. The summed E-state index contributed by atoms with van der Waals surface area (Å²) in [4.78, 5) is 84.0. The number of carbonyl (C=O) groups excluding carboxylic acids is 4. The van der Waals surface area contributed by atoms with Crippen LogP contribution in [0.3, 0.4) is 0 Å². The first-order chi connectivity index (χ1) is 25.1. The Morgan fingerprint density at radius 2 is 1.50 bits per heavy atom. The van der Waals surface area contributed by atoms with Gasteiger partial charge in [-0.25, -0.2) is 9.88 Å². The summed E-state index contributed by atoms with van der Waals surface area (Å²) in [6.07, 6.45) is 4.92. The topological polar surface area (TPSA) is 136 Å². The van der Waals surface area contributed by atoms with Gasteiger partial charge >= 0.3 is 0 Å². The lowest BCUT2D eigenvalue weighted by atomic mass is 9.95. The number of rotatable bonds is 9. The van der Waals surface area contributed by atoms with Crippen molar-refractivity contribution in [3.63, 3.8) is 0 Å². The van der Waals surface area contributed by atoms with E-state index in [9.17, 15) is 24.0 Å². The molecule has 8 rings (SSSR count). The molecule has 52 heavy (non-hydrogen) atoms. The summed E-state index contributed by atoms with van der Waals surface area (Å²) in [6.45, 7) is 5.63. The number of hydrogen-bond acceptors (Lipinski definition) is 10. The van der Waals surface area contributed by atoms with E-state index < -0.39 is 34.9 Å². The van der Waals surface area contributed by atoms with Crippen molar-refractivity contribution in [1.82, 2.24) is 19.8 Å². The monoisotopic (exact) mass is 702 g/mol. The summed E-state index contributed by atoms with van der Waals surface area (Å²) < 4.78 is 6.17. The summed E-state index contributed by atoms with van der Waals surface area (Å²) in [5, 5.41) is 0.331. The summed E-state index contributed by atoms with van der Waals surface area (Å²) in [6, 6.07) is 13.6. The number of hydrogen-bond donors (Lipinski definition) is 1. The molecule has 12 nitrogen and oxygen atoms in total. The van der Waals surface area contributed by atoms with Crippen molar-refractivity contribution in [3.05, 3.63) is 92.5 Å². The number of fused-ring (bicyclic) bond motifs is 3. The van der Waals surface area contributed by atoms with E-state index in [0.29, 0.717) is 28.9 Å². The number of ether oxygens (including phenoxy) is 1. The third kappa shape index (κ3) is 5.89. The lowest BCUT2D eigenvalue weighted by molar-refractivity contribution is 0.0882. The number of likely N-dealkylation sites (N-methyl/N-ethyl adjacent to an activating group) is 1. The van der Waals surface area contributed by atoms with Crippen LogP contribution < -0.4 is 20.1 Å². The number of Topliss-reactive ketones (excluding diaryl/α,β-unsaturated/α-hetero) is 2. The van der Waals surface area contributed by atoms with Crippen LogP contribution in [0.15, 0.2) is 53.3 Å². The van der Waals surface area contributed by atoms with Crippen LogP contribution in [-0.4, -0.2) is 104 Å². The second-order valence-electron chi connectivity index (χ2n) is 14.6. The van der Waals surface area contributed by atoms with Crippen molar-refractivity contribution in [2.75, 3.05) is 70.3 Å². The molecular formula is C40H42N6O6. The molecule has 2 amide bonds. The van der Waals surface area contributed by atoms with E-state index in [1.165, 1.54) is 17.0 Å². The molecule has 3 heterocycles. The minimum Gasteiger partial charge on any atom is -0.493 e. The summed E-state index contributed by atoms with van der Waals surface area (Å²) in [5.74, 6) is -2.92. The number of anilines is 2. The molecule has 1 N–H and O–H groups in total. The van der Waals surface area contributed by atoms with Crippen LogP contribution in [0.2, 0.25) is 0 Å². The van der Waals surface area contributed by atoms with Gasteiger partial charge < -0.3 is 24.4 Å². The molecular weight excluding hydrogens is 660 g/mol. The van der Waals surface area contributed by atoms with E-state index in [1.54, 1.807) is 24.3 Å². The van der Waals surface area contributed by atoms with Gasteiger partial charge in [0.2, 0.25) is 0 Å². The Labute approximate surface area is 301 Å². The number of H-pyrrole nitrogens is 1. The number of aromatic amines is 1. The zero-order chi connectivity index (χ0) is 36.3. The zero-order valence-corrected chi connectivity index (χ0v) is 29.7. The summed E-state index contributed by atoms with van der Waals surface area (Å²) >= 11 is 0. The Hall–Kier alpha value is -5.20. The molecule has 2 aliphatic carbocycles. The molecule has 1 saturated heterocycles. The molecule has 0 atom stereocenters. The molecule has 2 aliphatic heterocycles. The maximum Gasteiger partial charge on any atom is 0.266 e. The molecule has 0 bridgehead atoms. The van der Waals surface area contributed by atoms with Gasteiger partial charge in [0.25, 0.3) is 17.4 Å². The van der Waals surface area contributed by atoms with Crippen LogP contribution in [0.5, 0.6) is 5.75 Å². The molecule has 2 fully saturated rings.